The average molecular weight is 263 g/mol. The number of nitrogens with zero attached hydrogens (tertiary/aromatic N) is 1. The quantitative estimate of drug-likeness (QED) is 0.798. The number of para-hydroxylation sites is 1. The van der Waals surface area contributed by atoms with Crippen molar-refractivity contribution in [1.29, 1.82) is 0 Å². The first kappa shape index (κ1) is 12.7. The summed E-state index contributed by atoms with van der Waals surface area (Å²) in [5.41, 5.74) is 3.00. The molecule has 1 amide bonds. The molecule has 0 aromatic heterocycles. The zero-order valence-electron chi connectivity index (χ0n) is 11.5. The number of rotatable bonds is 2. The lowest BCUT2D eigenvalue weighted by Crippen LogP contribution is -2.36. The minimum absolute atomic E-state index is 0.0302. The van der Waals surface area contributed by atoms with E-state index in [2.05, 4.69) is 6.08 Å². The van der Waals surface area contributed by atoms with Gasteiger partial charge in [-0.15, -0.1) is 0 Å². The SMILES string of the molecule is CC1CC=C(c2ccccc2)N(c2ccccc2)C1=O. The fraction of sp³-hybridized carbons (Fsp3) is 0.167. The van der Waals surface area contributed by atoms with E-state index in [9.17, 15) is 4.79 Å². The maximum Gasteiger partial charge on any atom is 0.234 e. The number of amides is 1. The van der Waals surface area contributed by atoms with Crippen molar-refractivity contribution >= 4 is 17.3 Å². The highest BCUT2D eigenvalue weighted by atomic mass is 16.2. The Bertz CT molecular complexity index is 631. The molecule has 0 saturated heterocycles. The average Bonchev–Trinajstić information content (AvgIpc) is 2.51. The van der Waals surface area contributed by atoms with Crippen molar-refractivity contribution < 1.29 is 4.79 Å². The molecule has 0 fully saturated rings. The molecule has 1 aliphatic heterocycles. The highest BCUT2D eigenvalue weighted by Crippen LogP contribution is 2.32. The van der Waals surface area contributed by atoms with E-state index >= 15 is 0 Å². The third kappa shape index (κ3) is 2.25. The lowest BCUT2D eigenvalue weighted by atomic mass is 9.96. The first-order valence-corrected chi connectivity index (χ1v) is 6.92. The Morgan fingerprint density at radius 1 is 0.950 bits per heavy atom. The van der Waals surface area contributed by atoms with Gasteiger partial charge in [-0.2, -0.15) is 0 Å². The van der Waals surface area contributed by atoms with Gasteiger partial charge in [-0.25, -0.2) is 0 Å². The Balaban J connectivity index is 2.09. The summed E-state index contributed by atoms with van der Waals surface area (Å²) in [5, 5.41) is 0. The fourth-order valence-corrected chi connectivity index (χ4v) is 2.52. The molecule has 2 heteroatoms. The fourth-order valence-electron chi connectivity index (χ4n) is 2.52. The summed E-state index contributed by atoms with van der Waals surface area (Å²) in [4.78, 5) is 14.4. The van der Waals surface area contributed by atoms with E-state index < -0.39 is 0 Å². The van der Waals surface area contributed by atoms with Crippen LogP contribution in [0.25, 0.3) is 5.70 Å². The van der Waals surface area contributed by atoms with Gasteiger partial charge in [0, 0.05) is 11.6 Å². The van der Waals surface area contributed by atoms with Gasteiger partial charge in [0.2, 0.25) is 5.91 Å². The van der Waals surface area contributed by atoms with Crippen LogP contribution in [-0.2, 0) is 4.79 Å². The molecule has 0 bridgehead atoms. The number of hydrogen-bond acceptors (Lipinski definition) is 1. The molecule has 1 aliphatic rings. The summed E-state index contributed by atoms with van der Waals surface area (Å²) >= 11 is 0. The summed E-state index contributed by atoms with van der Waals surface area (Å²) in [6.07, 6.45) is 2.96. The summed E-state index contributed by atoms with van der Waals surface area (Å²) in [6.45, 7) is 1.98. The lowest BCUT2D eigenvalue weighted by molar-refractivity contribution is -0.121. The molecule has 1 atom stereocenters. The molecule has 3 rings (SSSR count). The van der Waals surface area contributed by atoms with E-state index in [0.29, 0.717) is 0 Å². The minimum Gasteiger partial charge on any atom is -0.281 e. The number of hydrogen-bond donors (Lipinski definition) is 0. The standard InChI is InChI=1S/C18H17NO/c1-14-12-13-17(15-8-4-2-5-9-15)19(18(14)20)16-10-6-3-7-11-16/h2-11,13-14H,12H2,1H3. The summed E-state index contributed by atoms with van der Waals surface area (Å²) < 4.78 is 0. The number of carbonyl (C=O) groups excluding carboxylic acids is 1. The second kappa shape index (κ2) is 5.33. The molecular formula is C18H17NO. The molecule has 1 unspecified atom stereocenters. The monoisotopic (exact) mass is 263 g/mol. The second-order valence-corrected chi connectivity index (χ2v) is 5.10. The van der Waals surface area contributed by atoms with Crippen molar-refractivity contribution in [3.63, 3.8) is 0 Å². The Kier molecular flexibility index (Phi) is 3.38. The first-order chi connectivity index (χ1) is 9.77. The zero-order chi connectivity index (χ0) is 13.9. The normalized spacial score (nSPS) is 18.9. The highest BCUT2D eigenvalue weighted by molar-refractivity contribution is 6.08. The largest absolute Gasteiger partial charge is 0.281 e. The van der Waals surface area contributed by atoms with Gasteiger partial charge in [0.15, 0.2) is 0 Å². The van der Waals surface area contributed by atoms with Gasteiger partial charge in [-0.3, -0.25) is 9.69 Å². The van der Waals surface area contributed by atoms with Crippen LogP contribution in [-0.4, -0.2) is 5.91 Å². The van der Waals surface area contributed by atoms with Gasteiger partial charge in [-0.05, 0) is 24.1 Å². The van der Waals surface area contributed by atoms with Gasteiger partial charge in [0.05, 0.1) is 5.70 Å². The number of carbonyl (C=O) groups is 1. The van der Waals surface area contributed by atoms with Crippen molar-refractivity contribution in [3.05, 3.63) is 72.3 Å². The molecule has 0 N–H and O–H groups in total. The number of benzene rings is 2. The van der Waals surface area contributed by atoms with Gasteiger partial charge in [0.25, 0.3) is 0 Å². The maximum atomic E-state index is 12.6. The summed E-state index contributed by atoms with van der Waals surface area (Å²) in [7, 11) is 0. The predicted octanol–water partition coefficient (Wildman–Crippen LogP) is 4.10. The van der Waals surface area contributed by atoms with Crippen LogP contribution in [0.2, 0.25) is 0 Å². The molecule has 0 saturated carbocycles. The lowest BCUT2D eigenvalue weighted by Gasteiger charge is -2.32. The van der Waals surface area contributed by atoms with Crippen LogP contribution in [0.3, 0.4) is 0 Å². The Labute approximate surface area is 119 Å². The van der Waals surface area contributed by atoms with Crippen molar-refractivity contribution in [2.24, 2.45) is 5.92 Å². The smallest absolute Gasteiger partial charge is 0.234 e. The van der Waals surface area contributed by atoms with Crippen LogP contribution in [0.15, 0.2) is 66.7 Å². The van der Waals surface area contributed by atoms with Crippen molar-refractivity contribution in [2.45, 2.75) is 13.3 Å². The molecule has 20 heavy (non-hydrogen) atoms. The molecule has 0 radical (unpaired) electrons. The molecule has 2 nitrogen and oxygen atoms in total. The number of anilines is 1. The molecule has 100 valence electrons. The van der Waals surface area contributed by atoms with Crippen molar-refractivity contribution in [2.75, 3.05) is 4.90 Å². The third-order valence-electron chi connectivity index (χ3n) is 3.63. The van der Waals surface area contributed by atoms with Crippen LogP contribution in [0.1, 0.15) is 18.9 Å². The third-order valence-corrected chi connectivity index (χ3v) is 3.63. The predicted molar refractivity (Wildman–Crippen MR) is 82.1 cm³/mol. The van der Waals surface area contributed by atoms with Gasteiger partial charge in [0.1, 0.15) is 0 Å². The van der Waals surface area contributed by atoms with E-state index in [0.717, 1.165) is 23.4 Å². The van der Waals surface area contributed by atoms with E-state index in [1.807, 2.05) is 72.5 Å². The summed E-state index contributed by atoms with van der Waals surface area (Å²) in [5.74, 6) is 0.195. The maximum absolute atomic E-state index is 12.6. The van der Waals surface area contributed by atoms with Crippen molar-refractivity contribution in [3.8, 4) is 0 Å². The zero-order valence-corrected chi connectivity index (χ0v) is 11.5. The summed E-state index contributed by atoms with van der Waals surface area (Å²) in [6, 6.07) is 19.9. The van der Waals surface area contributed by atoms with Crippen LogP contribution < -0.4 is 4.90 Å². The molecule has 0 spiro atoms. The molecular weight excluding hydrogens is 246 g/mol. The highest BCUT2D eigenvalue weighted by Gasteiger charge is 2.29. The minimum atomic E-state index is 0.0302. The first-order valence-electron chi connectivity index (χ1n) is 6.92. The van der Waals surface area contributed by atoms with Gasteiger partial charge in [-0.1, -0.05) is 61.5 Å². The van der Waals surface area contributed by atoms with E-state index in [4.69, 9.17) is 0 Å². The van der Waals surface area contributed by atoms with Gasteiger partial charge < -0.3 is 0 Å². The van der Waals surface area contributed by atoms with Crippen LogP contribution >= 0.6 is 0 Å². The second-order valence-electron chi connectivity index (χ2n) is 5.10. The van der Waals surface area contributed by atoms with Gasteiger partial charge >= 0.3 is 0 Å². The molecule has 2 aromatic rings. The van der Waals surface area contributed by atoms with Crippen LogP contribution in [0.5, 0.6) is 0 Å². The topological polar surface area (TPSA) is 20.3 Å². The Morgan fingerprint density at radius 2 is 1.55 bits per heavy atom. The van der Waals surface area contributed by atoms with E-state index in [1.54, 1.807) is 0 Å². The van der Waals surface area contributed by atoms with Crippen LogP contribution in [0.4, 0.5) is 5.69 Å². The van der Waals surface area contributed by atoms with Crippen LogP contribution in [0, 0.1) is 5.92 Å². The van der Waals surface area contributed by atoms with E-state index in [-0.39, 0.29) is 11.8 Å². The van der Waals surface area contributed by atoms with E-state index in [1.165, 1.54) is 0 Å². The number of allylic oxidation sites excluding steroid dienone is 1. The Hall–Kier alpha value is -2.35. The molecule has 1 heterocycles. The van der Waals surface area contributed by atoms with Crippen molar-refractivity contribution in [1.82, 2.24) is 0 Å². The molecule has 2 aromatic carbocycles. The Morgan fingerprint density at radius 3 is 2.20 bits per heavy atom. The molecule has 0 aliphatic carbocycles.